The van der Waals surface area contributed by atoms with E-state index in [1.54, 1.807) is 0 Å². The highest BCUT2D eigenvalue weighted by atomic mass is 16.5. The second kappa shape index (κ2) is 6.82. The van der Waals surface area contributed by atoms with E-state index < -0.39 is 0 Å². The van der Waals surface area contributed by atoms with Crippen molar-refractivity contribution in [1.29, 1.82) is 0 Å². The molecule has 0 unspecified atom stereocenters. The number of imide groups is 1. The Labute approximate surface area is 173 Å². The largest absolute Gasteiger partial charge is 0.492 e. The molecule has 2 N–H and O–H groups in total. The second-order valence-electron chi connectivity index (χ2n) is 8.20. The Morgan fingerprint density at radius 2 is 1.80 bits per heavy atom. The second-order valence-corrected chi connectivity index (χ2v) is 8.20. The van der Waals surface area contributed by atoms with Crippen molar-refractivity contribution < 1.29 is 19.1 Å². The molecule has 0 atom stereocenters. The number of benzene rings is 2. The Hall–Kier alpha value is -2.90. The molecule has 3 aromatic rings. The van der Waals surface area contributed by atoms with E-state index in [9.17, 15) is 9.59 Å². The van der Waals surface area contributed by atoms with Crippen LogP contribution in [0.1, 0.15) is 38.3 Å². The fraction of sp³-hybridized carbons (Fsp3) is 0.391. The van der Waals surface area contributed by atoms with Gasteiger partial charge in [-0.25, -0.2) is 0 Å². The van der Waals surface area contributed by atoms with Crippen molar-refractivity contribution in [2.75, 3.05) is 39.5 Å². The Balaban J connectivity index is 1.48. The summed E-state index contributed by atoms with van der Waals surface area (Å²) in [5, 5.41) is 4.23. The molecular weight excluding hydrogens is 382 g/mol. The highest BCUT2D eigenvalue weighted by Crippen LogP contribution is 2.43. The quantitative estimate of drug-likeness (QED) is 0.652. The summed E-state index contributed by atoms with van der Waals surface area (Å²) in [5.74, 6) is 0.174. The lowest BCUT2D eigenvalue weighted by Gasteiger charge is -2.26. The number of carbonyl (C=O) groups excluding carboxylic acids is 2. The number of nitrogens with zero attached hydrogens (tertiary/aromatic N) is 1. The molecule has 154 valence electrons. The van der Waals surface area contributed by atoms with Gasteiger partial charge in [-0.15, -0.1) is 0 Å². The molecule has 7 heteroatoms. The summed E-state index contributed by atoms with van der Waals surface area (Å²) in [7, 11) is 0. The molecule has 1 fully saturated rings. The van der Waals surface area contributed by atoms with Gasteiger partial charge in [0.1, 0.15) is 12.4 Å². The molecule has 6 rings (SSSR count). The minimum atomic E-state index is -0.307. The molecule has 30 heavy (non-hydrogen) atoms. The van der Waals surface area contributed by atoms with Crippen LogP contribution in [0.15, 0.2) is 18.2 Å². The number of aromatic nitrogens is 1. The van der Waals surface area contributed by atoms with Gasteiger partial charge >= 0.3 is 0 Å². The van der Waals surface area contributed by atoms with E-state index in [2.05, 4.69) is 15.2 Å². The van der Waals surface area contributed by atoms with Gasteiger partial charge in [-0.05, 0) is 42.5 Å². The normalized spacial score (nSPS) is 18.8. The summed E-state index contributed by atoms with van der Waals surface area (Å²) in [5.41, 5.74) is 5.19. The third-order valence-electron chi connectivity index (χ3n) is 6.56. The van der Waals surface area contributed by atoms with Gasteiger partial charge in [0.15, 0.2) is 0 Å². The summed E-state index contributed by atoms with van der Waals surface area (Å²) in [6, 6.07) is 5.92. The van der Waals surface area contributed by atoms with Crippen LogP contribution in [0.25, 0.3) is 21.8 Å². The predicted octanol–water partition coefficient (Wildman–Crippen LogP) is 2.40. The Morgan fingerprint density at radius 3 is 2.67 bits per heavy atom. The number of aromatic amines is 1. The first-order valence-electron chi connectivity index (χ1n) is 10.6. The number of rotatable bonds is 4. The summed E-state index contributed by atoms with van der Waals surface area (Å²) in [4.78, 5) is 31.2. The standard InChI is InChI=1S/C23H23N3O4/c27-22-17-13-3-1-4-14(13)21-19(20(17)23(28)25-22)18-15(24-21)5-2-6-16(18)30-12-9-26-7-10-29-11-8-26/h2,5-6,24H,1,3-4,7-12H2,(H,25,27,28). The molecule has 0 radical (unpaired) electrons. The molecule has 1 aliphatic carbocycles. The fourth-order valence-electron chi connectivity index (χ4n) is 5.20. The minimum absolute atomic E-state index is 0.268. The van der Waals surface area contributed by atoms with Crippen molar-refractivity contribution in [1.82, 2.24) is 15.2 Å². The van der Waals surface area contributed by atoms with Crippen LogP contribution in [-0.4, -0.2) is 61.2 Å². The molecule has 2 aromatic carbocycles. The van der Waals surface area contributed by atoms with Gasteiger partial charge < -0.3 is 14.5 Å². The van der Waals surface area contributed by atoms with Crippen LogP contribution in [0.4, 0.5) is 0 Å². The summed E-state index contributed by atoms with van der Waals surface area (Å²) >= 11 is 0. The predicted molar refractivity (Wildman–Crippen MR) is 112 cm³/mol. The number of fused-ring (bicyclic) bond motifs is 8. The van der Waals surface area contributed by atoms with E-state index in [1.165, 1.54) is 5.56 Å². The lowest BCUT2D eigenvalue weighted by atomic mass is 9.93. The Morgan fingerprint density at radius 1 is 1.00 bits per heavy atom. The van der Waals surface area contributed by atoms with E-state index in [1.807, 2.05) is 18.2 Å². The lowest BCUT2D eigenvalue weighted by molar-refractivity contribution is 0.0323. The topological polar surface area (TPSA) is 83.7 Å². The maximum atomic E-state index is 12.8. The van der Waals surface area contributed by atoms with Crippen LogP contribution in [0, 0.1) is 0 Å². The van der Waals surface area contributed by atoms with Crippen molar-refractivity contribution in [3.63, 3.8) is 0 Å². The molecule has 0 bridgehead atoms. The third kappa shape index (κ3) is 2.58. The molecule has 7 nitrogen and oxygen atoms in total. The van der Waals surface area contributed by atoms with Crippen LogP contribution >= 0.6 is 0 Å². The maximum Gasteiger partial charge on any atom is 0.259 e. The molecule has 2 amide bonds. The number of hydrogen-bond acceptors (Lipinski definition) is 5. The van der Waals surface area contributed by atoms with Crippen molar-refractivity contribution in [2.45, 2.75) is 19.3 Å². The molecule has 0 spiro atoms. The highest BCUT2D eigenvalue weighted by molar-refractivity contribution is 6.31. The Kier molecular flexibility index (Phi) is 4.07. The average Bonchev–Trinajstić information content (AvgIpc) is 3.44. The van der Waals surface area contributed by atoms with Crippen LogP contribution in [-0.2, 0) is 17.6 Å². The van der Waals surface area contributed by atoms with Gasteiger partial charge in [-0.2, -0.15) is 0 Å². The number of H-pyrrole nitrogens is 1. The summed E-state index contributed by atoms with van der Waals surface area (Å²) in [6.45, 7) is 4.75. The SMILES string of the molecule is O=C1NC(=O)c2c1c1c(c3[nH]c4cccc(OCCN5CCOCC5)c4c23)CCC1. The third-order valence-corrected chi connectivity index (χ3v) is 6.56. The van der Waals surface area contributed by atoms with Gasteiger partial charge in [-0.1, -0.05) is 6.07 Å². The first kappa shape index (κ1) is 17.9. The number of morpholine rings is 1. The number of nitrogens with one attached hydrogen (secondary N) is 2. The van der Waals surface area contributed by atoms with Crippen molar-refractivity contribution in [3.05, 3.63) is 40.5 Å². The molecule has 0 saturated carbocycles. The molecule has 3 aliphatic rings. The van der Waals surface area contributed by atoms with Gasteiger partial charge in [0.25, 0.3) is 11.8 Å². The number of carbonyl (C=O) groups is 2. The first-order chi connectivity index (χ1) is 14.7. The molecule has 1 saturated heterocycles. The summed E-state index contributed by atoms with van der Waals surface area (Å²) < 4.78 is 11.6. The average molecular weight is 405 g/mol. The monoisotopic (exact) mass is 405 g/mol. The molecule has 2 aliphatic heterocycles. The highest BCUT2D eigenvalue weighted by Gasteiger charge is 2.37. The van der Waals surface area contributed by atoms with Crippen LogP contribution < -0.4 is 10.1 Å². The number of amides is 2. The van der Waals surface area contributed by atoms with Gasteiger partial charge in [-0.3, -0.25) is 19.8 Å². The zero-order valence-corrected chi connectivity index (χ0v) is 16.7. The van der Waals surface area contributed by atoms with E-state index >= 15 is 0 Å². The number of hydrogen-bond donors (Lipinski definition) is 2. The van der Waals surface area contributed by atoms with Crippen LogP contribution in [0.3, 0.4) is 0 Å². The van der Waals surface area contributed by atoms with Crippen LogP contribution in [0.2, 0.25) is 0 Å². The molecular formula is C23H23N3O4. The smallest absolute Gasteiger partial charge is 0.259 e. The molecule has 1 aromatic heterocycles. The van der Waals surface area contributed by atoms with E-state index in [4.69, 9.17) is 9.47 Å². The number of ether oxygens (including phenoxy) is 2. The number of aryl methyl sites for hydroxylation is 1. The van der Waals surface area contributed by atoms with Crippen molar-refractivity contribution in [3.8, 4) is 5.75 Å². The Bertz CT molecular complexity index is 1210. The minimum Gasteiger partial charge on any atom is -0.492 e. The summed E-state index contributed by atoms with van der Waals surface area (Å²) in [6.07, 6.45) is 2.76. The zero-order valence-electron chi connectivity index (χ0n) is 16.7. The van der Waals surface area contributed by atoms with Crippen LogP contribution in [0.5, 0.6) is 5.75 Å². The van der Waals surface area contributed by atoms with E-state index in [-0.39, 0.29) is 11.8 Å². The first-order valence-corrected chi connectivity index (χ1v) is 10.6. The van der Waals surface area contributed by atoms with E-state index in [0.717, 1.165) is 85.2 Å². The fourth-order valence-corrected chi connectivity index (χ4v) is 5.20. The zero-order chi connectivity index (χ0) is 20.2. The van der Waals surface area contributed by atoms with E-state index in [0.29, 0.717) is 17.7 Å². The maximum absolute atomic E-state index is 12.8. The lowest BCUT2D eigenvalue weighted by Crippen LogP contribution is -2.38. The molecule has 3 heterocycles. The van der Waals surface area contributed by atoms with Crippen molar-refractivity contribution in [2.24, 2.45) is 0 Å². The van der Waals surface area contributed by atoms with Gasteiger partial charge in [0, 0.05) is 25.0 Å². The van der Waals surface area contributed by atoms with Gasteiger partial charge in [0.05, 0.1) is 40.8 Å². The van der Waals surface area contributed by atoms with Crippen molar-refractivity contribution >= 4 is 33.6 Å². The van der Waals surface area contributed by atoms with Gasteiger partial charge in [0.2, 0.25) is 0 Å².